The van der Waals surface area contributed by atoms with E-state index in [0.717, 1.165) is 21.0 Å². The highest BCUT2D eigenvalue weighted by Crippen LogP contribution is 2.44. The van der Waals surface area contributed by atoms with Crippen LogP contribution in [-0.4, -0.2) is 27.4 Å². The Labute approximate surface area is 217 Å². The number of carbonyl (C=O) groups is 1. The lowest BCUT2D eigenvalue weighted by Crippen LogP contribution is -2.45. The zero-order valence-corrected chi connectivity index (χ0v) is 21.1. The average Bonchev–Trinajstić information content (AvgIpc) is 3.27. The summed E-state index contributed by atoms with van der Waals surface area (Å²) in [7, 11) is 0. The first-order chi connectivity index (χ1) is 17.5. The van der Waals surface area contributed by atoms with Crippen LogP contribution in [0.15, 0.2) is 72.9 Å². The van der Waals surface area contributed by atoms with Crippen LogP contribution >= 0.6 is 11.6 Å². The number of aromatic nitrogens is 2. The fraction of sp³-hybridized carbons (Fsp3) is 0.286. The van der Waals surface area contributed by atoms with Crippen LogP contribution in [0.2, 0.25) is 5.02 Å². The number of halogens is 4. The van der Waals surface area contributed by atoms with Gasteiger partial charge in [-0.25, -0.2) is 4.68 Å². The lowest BCUT2D eigenvalue weighted by atomic mass is 9.93. The van der Waals surface area contributed by atoms with E-state index in [4.69, 9.17) is 11.6 Å². The Hall–Kier alpha value is -3.52. The fourth-order valence-electron chi connectivity index (χ4n) is 4.92. The van der Waals surface area contributed by atoms with Crippen LogP contribution in [-0.2, 0) is 6.42 Å². The first-order valence-electron chi connectivity index (χ1n) is 12.0. The third-order valence-corrected chi connectivity index (χ3v) is 6.92. The second kappa shape index (κ2) is 9.41. The number of nitrogens with one attached hydrogen (secondary N) is 2. The highest BCUT2D eigenvalue weighted by Gasteiger charge is 2.47. The third-order valence-electron chi connectivity index (χ3n) is 6.67. The molecule has 0 fully saturated rings. The highest BCUT2D eigenvalue weighted by molar-refractivity contribution is 6.30. The molecule has 2 N–H and O–H groups in total. The normalized spacial score (nSPS) is 17.8. The summed E-state index contributed by atoms with van der Waals surface area (Å²) >= 11 is 5.96. The number of amides is 1. The van der Waals surface area contributed by atoms with Gasteiger partial charge in [0.25, 0.3) is 5.91 Å². The van der Waals surface area contributed by atoms with Gasteiger partial charge in [-0.2, -0.15) is 18.3 Å². The second-order valence-corrected chi connectivity index (χ2v) is 10.5. The predicted octanol–water partition coefficient (Wildman–Crippen LogP) is 7.10. The molecule has 2 heterocycles. The number of hydrogen-bond acceptors (Lipinski definition) is 3. The number of nitrogens with zero attached hydrogens (tertiary/aromatic N) is 2. The topological polar surface area (TPSA) is 59.0 Å². The Bertz CT molecular complexity index is 1450. The summed E-state index contributed by atoms with van der Waals surface area (Å²) < 4.78 is 42.9. The molecule has 1 aromatic heterocycles. The van der Waals surface area contributed by atoms with Gasteiger partial charge in [0.1, 0.15) is 11.4 Å². The molecular weight excluding hydrogens is 501 g/mol. The molecule has 5 rings (SSSR count). The van der Waals surface area contributed by atoms with Crippen LogP contribution in [0.1, 0.15) is 53.8 Å². The molecule has 1 amide bonds. The van der Waals surface area contributed by atoms with Gasteiger partial charge in [0, 0.05) is 17.0 Å². The zero-order valence-electron chi connectivity index (χ0n) is 20.3. The van der Waals surface area contributed by atoms with Crippen LogP contribution in [0.25, 0.3) is 10.8 Å². The molecule has 1 aliphatic heterocycles. The minimum Gasteiger partial charge on any atom is -0.363 e. The second-order valence-electron chi connectivity index (χ2n) is 10.1. The van der Waals surface area contributed by atoms with Crippen molar-refractivity contribution in [3.63, 3.8) is 0 Å². The van der Waals surface area contributed by atoms with Gasteiger partial charge in [0.05, 0.1) is 12.2 Å². The molecule has 0 saturated carbocycles. The largest absolute Gasteiger partial charge is 0.410 e. The molecule has 0 radical (unpaired) electrons. The number of carbonyl (C=O) groups excluding carboxylic acids is 1. The van der Waals surface area contributed by atoms with Crippen molar-refractivity contribution in [3.05, 3.63) is 94.6 Å². The highest BCUT2D eigenvalue weighted by atomic mass is 35.5. The number of hydrogen-bond donors (Lipinski definition) is 2. The van der Waals surface area contributed by atoms with E-state index in [-0.39, 0.29) is 17.8 Å². The summed E-state index contributed by atoms with van der Waals surface area (Å²) in [6.07, 6.45) is -3.04. The Balaban J connectivity index is 1.40. The maximum absolute atomic E-state index is 14.0. The van der Waals surface area contributed by atoms with E-state index in [1.807, 2.05) is 50.2 Å². The van der Waals surface area contributed by atoms with E-state index < -0.39 is 29.7 Å². The Morgan fingerprint density at radius 3 is 2.49 bits per heavy atom. The number of rotatable bonds is 5. The van der Waals surface area contributed by atoms with Gasteiger partial charge >= 0.3 is 6.18 Å². The van der Waals surface area contributed by atoms with Crippen molar-refractivity contribution < 1.29 is 18.0 Å². The number of alkyl halides is 3. The van der Waals surface area contributed by atoms with Crippen LogP contribution in [0.4, 0.5) is 19.0 Å². The molecule has 1 aliphatic rings. The summed E-state index contributed by atoms with van der Waals surface area (Å²) in [6.45, 7) is 3.77. The van der Waals surface area contributed by atoms with Crippen molar-refractivity contribution in [1.82, 2.24) is 15.1 Å². The van der Waals surface area contributed by atoms with Crippen molar-refractivity contribution in [2.75, 3.05) is 5.32 Å². The van der Waals surface area contributed by atoms with E-state index >= 15 is 0 Å². The van der Waals surface area contributed by atoms with Crippen molar-refractivity contribution >= 4 is 34.1 Å². The van der Waals surface area contributed by atoms with Gasteiger partial charge in [-0.15, -0.1) is 0 Å². The minimum atomic E-state index is -4.53. The quantitative estimate of drug-likeness (QED) is 0.291. The van der Waals surface area contributed by atoms with Crippen molar-refractivity contribution in [3.8, 4) is 0 Å². The third kappa shape index (κ3) is 5.30. The number of fused-ring (bicyclic) bond motifs is 2. The maximum atomic E-state index is 14.0. The standard InChI is InChI=1S/C28H26ClF3N4O/c1-27(2,15-17-7-8-18-5-3-4-6-20(18)13-17)35-26(37)22-16-33-36-24(28(30,31)32)14-23(34-25(22)36)19-9-11-21(29)12-10-19/h3-13,16,23-24,34H,14-15H2,1-2H3,(H,35,37). The van der Waals surface area contributed by atoms with Gasteiger partial charge in [-0.05, 0) is 54.3 Å². The van der Waals surface area contributed by atoms with Crippen LogP contribution in [0.3, 0.4) is 0 Å². The summed E-state index contributed by atoms with van der Waals surface area (Å²) in [4.78, 5) is 13.3. The lowest BCUT2D eigenvalue weighted by Gasteiger charge is -2.34. The summed E-state index contributed by atoms with van der Waals surface area (Å²) in [5.74, 6) is -0.440. The van der Waals surface area contributed by atoms with Crippen molar-refractivity contribution in [1.29, 1.82) is 0 Å². The summed E-state index contributed by atoms with van der Waals surface area (Å²) in [6, 6.07) is 18.3. The molecule has 3 aromatic carbocycles. The van der Waals surface area contributed by atoms with Gasteiger partial charge in [0.2, 0.25) is 0 Å². The molecular formula is C28H26ClF3N4O. The molecule has 2 atom stereocenters. The van der Waals surface area contributed by atoms with Crippen molar-refractivity contribution in [2.24, 2.45) is 0 Å². The molecule has 0 saturated heterocycles. The molecule has 5 nitrogen and oxygen atoms in total. The Morgan fingerprint density at radius 2 is 1.78 bits per heavy atom. The summed E-state index contributed by atoms with van der Waals surface area (Å²) in [5.41, 5.74) is 1.09. The van der Waals surface area contributed by atoms with E-state index in [2.05, 4.69) is 21.8 Å². The summed E-state index contributed by atoms with van der Waals surface area (Å²) in [5, 5.41) is 12.8. The van der Waals surface area contributed by atoms with E-state index in [1.54, 1.807) is 24.3 Å². The Kier molecular flexibility index (Phi) is 6.40. The molecule has 192 valence electrons. The number of anilines is 1. The van der Waals surface area contributed by atoms with E-state index in [0.29, 0.717) is 17.0 Å². The molecule has 9 heteroatoms. The molecule has 0 spiro atoms. The van der Waals surface area contributed by atoms with Crippen LogP contribution in [0.5, 0.6) is 0 Å². The molecule has 0 aliphatic carbocycles. The van der Waals surface area contributed by atoms with Gasteiger partial charge < -0.3 is 10.6 Å². The van der Waals surface area contributed by atoms with Gasteiger partial charge in [-0.3, -0.25) is 4.79 Å². The molecule has 4 aromatic rings. The van der Waals surface area contributed by atoms with Gasteiger partial charge in [0.15, 0.2) is 6.04 Å². The van der Waals surface area contributed by atoms with Crippen LogP contribution in [0, 0.1) is 0 Å². The van der Waals surface area contributed by atoms with Crippen molar-refractivity contribution in [2.45, 2.75) is 50.5 Å². The average molecular weight is 527 g/mol. The Morgan fingerprint density at radius 1 is 1.08 bits per heavy atom. The molecule has 37 heavy (non-hydrogen) atoms. The SMILES string of the molecule is CC(C)(Cc1ccc2ccccc2c1)NC(=O)c1cnn2c1NC(c1ccc(Cl)cc1)CC2C(F)(F)F. The zero-order chi connectivity index (χ0) is 26.4. The lowest BCUT2D eigenvalue weighted by molar-refractivity contribution is -0.173. The number of benzene rings is 3. The fourth-order valence-corrected chi connectivity index (χ4v) is 5.05. The van der Waals surface area contributed by atoms with Gasteiger partial charge in [-0.1, -0.05) is 66.2 Å². The first-order valence-corrected chi connectivity index (χ1v) is 12.3. The van der Waals surface area contributed by atoms with E-state index in [1.165, 1.54) is 6.20 Å². The smallest absolute Gasteiger partial charge is 0.363 e. The van der Waals surface area contributed by atoms with Crippen LogP contribution < -0.4 is 10.6 Å². The first kappa shape index (κ1) is 25.1. The monoisotopic (exact) mass is 526 g/mol. The predicted molar refractivity (Wildman–Crippen MR) is 139 cm³/mol. The van der Waals surface area contributed by atoms with E-state index in [9.17, 15) is 18.0 Å². The molecule has 0 bridgehead atoms. The maximum Gasteiger partial charge on any atom is 0.410 e. The minimum absolute atomic E-state index is 0.0486. The molecule has 2 unspecified atom stereocenters.